The first-order chi connectivity index (χ1) is 8.03. The Bertz CT molecular complexity index is 550. The number of hydrogen-bond donors (Lipinski definition) is 3. The minimum atomic E-state index is -4.03. The summed E-state index contributed by atoms with van der Waals surface area (Å²) in [6.45, 7) is 4.09. The van der Waals surface area contributed by atoms with E-state index in [-0.39, 0.29) is 17.8 Å². The molecule has 0 spiro atoms. The van der Waals surface area contributed by atoms with Gasteiger partial charge in [-0.1, -0.05) is 0 Å². The van der Waals surface area contributed by atoms with Gasteiger partial charge in [-0.05, 0) is 38.5 Å². The van der Waals surface area contributed by atoms with Crippen LogP contribution in [0.2, 0.25) is 0 Å². The number of aliphatic hydroxyl groups is 1. The summed E-state index contributed by atoms with van der Waals surface area (Å²) >= 11 is 0. The number of nitrogen functional groups attached to an aromatic ring is 1. The van der Waals surface area contributed by atoms with Crippen LogP contribution in [0.4, 0.5) is 10.1 Å². The van der Waals surface area contributed by atoms with Gasteiger partial charge in [-0.3, -0.25) is 0 Å². The van der Waals surface area contributed by atoms with Crippen LogP contribution in [-0.4, -0.2) is 25.7 Å². The van der Waals surface area contributed by atoms with Crippen LogP contribution in [-0.2, 0) is 10.0 Å². The highest BCUT2D eigenvalue weighted by atomic mass is 32.2. The van der Waals surface area contributed by atoms with Gasteiger partial charge in [0.15, 0.2) is 0 Å². The zero-order chi connectivity index (χ0) is 14.1. The smallest absolute Gasteiger partial charge is 0.243 e. The SMILES string of the molecule is Cc1cc(N)cc(S(=O)(=O)NCC(C)(C)O)c1F. The number of anilines is 1. The number of halogens is 1. The molecule has 0 aromatic heterocycles. The van der Waals surface area contributed by atoms with Crippen molar-refractivity contribution in [1.29, 1.82) is 0 Å². The topological polar surface area (TPSA) is 92.4 Å². The number of hydrogen-bond acceptors (Lipinski definition) is 4. The molecular weight excluding hydrogens is 259 g/mol. The Kier molecular flexibility index (Phi) is 3.99. The number of nitrogens with two attached hydrogens (primary N) is 1. The van der Waals surface area contributed by atoms with Crippen LogP contribution in [0.25, 0.3) is 0 Å². The van der Waals surface area contributed by atoms with Crippen molar-refractivity contribution in [3.63, 3.8) is 0 Å². The zero-order valence-corrected chi connectivity index (χ0v) is 11.3. The van der Waals surface area contributed by atoms with Gasteiger partial charge < -0.3 is 10.8 Å². The van der Waals surface area contributed by atoms with Crippen LogP contribution in [0.1, 0.15) is 19.4 Å². The van der Waals surface area contributed by atoms with Crippen molar-refractivity contribution >= 4 is 15.7 Å². The highest BCUT2D eigenvalue weighted by Gasteiger charge is 2.23. The molecule has 18 heavy (non-hydrogen) atoms. The van der Waals surface area contributed by atoms with E-state index in [1.807, 2.05) is 0 Å². The van der Waals surface area contributed by atoms with Crippen LogP contribution in [0.3, 0.4) is 0 Å². The summed E-state index contributed by atoms with van der Waals surface area (Å²) < 4.78 is 39.7. The highest BCUT2D eigenvalue weighted by Crippen LogP contribution is 2.21. The van der Waals surface area contributed by atoms with Gasteiger partial charge in [0.2, 0.25) is 10.0 Å². The summed E-state index contributed by atoms with van der Waals surface area (Å²) in [7, 11) is -4.03. The molecule has 0 aliphatic carbocycles. The van der Waals surface area contributed by atoms with Gasteiger partial charge >= 0.3 is 0 Å². The van der Waals surface area contributed by atoms with Gasteiger partial charge in [-0.15, -0.1) is 0 Å². The molecule has 102 valence electrons. The van der Waals surface area contributed by atoms with E-state index in [1.54, 1.807) is 0 Å². The van der Waals surface area contributed by atoms with Crippen molar-refractivity contribution in [3.05, 3.63) is 23.5 Å². The molecule has 5 nitrogen and oxygen atoms in total. The molecule has 1 aromatic rings. The quantitative estimate of drug-likeness (QED) is 0.708. The van der Waals surface area contributed by atoms with Crippen LogP contribution >= 0.6 is 0 Å². The minimum absolute atomic E-state index is 0.152. The lowest BCUT2D eigenvalue weighted by molar-refractivity contribution is 0.0857. The summed E-state index contributed by atoms with van der Waals surface area (Å²) in [5.74, 6) is -0.840. The lowest BCUT2D eigenvalue weighted by atomic mass is 10.1. The number of rotatable bonds is 4. The van der Waals surface area contributed by atoms with Crippen molar-refractivity contribution < 1.29 is 17.9 Å². The fourth-order valence-corrected chi connectivity index (χ4v) is 2.70. The lowest BCUT2D eigenvalue weighted by Crippen LogP contribution is -2.38. The molecule has 0 saturated heterocycles. The summed E-state index contributed by atoms with van der Waals surface area (Å²) in [6.07, 6.45) is 0. The average molecular weight is 276 g/mol. The molecule has 0 radical (unpaired) electrons. The molecule has 0 heterocycles. The van der Waals surface area contributed by atoms with Crippen molar-refractivity contribution in [3.8, 4) is 0 Å². The molecule has 0 bridgehead atoms. The molecule has 1 aromatic carbocycles. The number of benzene rings is 1. The minimum Gasteiger partial charge on any atom is -0.399 e. The summed E-state index contributed by atoms with van der Waals surface area (Å²) in [4.78, 5) is -0.510. The Morgan fingerprint density at radius 1 is 1.44 bits per heavy atom. The fourth-order valence-electron chi connectivity index (χ4n) is 1.31. The molecule has 0 aliphatic rings. The number of aryl methyl sites for hydroxylation is 1. The zero-order valence-electron chi connectivity index (χ0n) is 10.5. The monoisotopic (exact) mass is 276 g/mol. The standard InChI is InChI=1S/C11H17FN2O3S/c1-7-4-8(13)5-9(10(7)12)18(16,17)14-6-11(2,3)15/h4-5,14-15H,6,13H2,1-3H3. The molecule has 0 unspecified atom stereocenters. The van der Waals surface area contributed by atoms with Crippen molar-refractivity contribution in [2.45, 2.75) is 31.3 Å². The molecule has 4 N–H and O–H groups in total. The Hall–Kier alpha value is -1.18. The normalized spacial score (nSPS) is 12.7. The van der Waals surface area contributed by atoms with E-state index in [1.165, 1.54) is 26.8 Å². The van der Waals surface area contributed by atoms with E-state index in [9.17, 15) is 17.9 Å². The lowest BCUT2D eigenvalue weighted by Gasteiger charge is -2.18. The predicted molar refractivity (Wildman–Crippen MR) is 67.0 cm³/mol. The van der Waals surface area contributed by atoms with Gasteiger partial charge in [-0.2, -0.15) is 0 Å². The maximum Gasteiger partial charge on any atom is 0.243 e. The molecule has 0 atom stereocenters. The molecule has 1 rings (SSSR count). The Morgan fingerprint density at radius 2 is 2.00 bits per heavy atom. The second kappa shape index (κ2) is 4.83. The molecule has 0 aliphatic heterocycles. The molecule has 0 amide bonds. The Morgan fingerprint density at radius 3 is 2.50 bits per heavy atom. The molecule has 0 fully saturated rings. The third-order valence-corrected chi connectivity index (χ3v) is 3.63. The second-order valence-corrected chi connectivity index (χ2v) is 6.52. The summed E-state index contributed by atoms with van der Waals surface area (Å²) in [5, 5.41) is 9.46. The molecule has 0 saturated carbocycles. The van der Waals surface area contributed by atoms with Crippen molar-refractivity contribution in [2.24, 2.45) is 0 Å². The van der Waals surface area contributed by atoms with E-state index < -0.39 is 26.3 Å². The van der Waals surface area contributed by atoms with Gasteiger partial charge in [0, 0.05) is 12.2 Å². The first-order valence-electron chi connectivity index (χ1n) is 5.30. The number of sulfonamides is 1. The predicted octanol–water partition coefficient (Wildman–Crippen LogP) is 0.766. The molecular formula is C11H17FN2O3S. The van der Waals surface area contributed by atoms with E-state index in [2.05, 4.69) is 4.72 Å². The summed E-state index contributed by atoms with van der Waals surface area (Å²) in [5.41, 5.74) is 4.59. The van der Waals surface area contributed by atoms with Gasteiger partial charge in [-0.25, -0.2) is 17.5 Å². The van der Waals surface area contributed by atoms with E-state index in [0.717, 1.165) is 6.07 Å². The maximum absolute atomic E-state index is 13.8. The largest absolute Gasteiger partial charge is 0.399 e. The van der Waals surface area contributed by atoms with Crippen LogP contribution < -0.4 is 10.5 Å². The fraction of sp³-hybridized carbons (Fsp3) is 0.455. The van der Waals surface area contributed by atoms with Crippen LogP contribution in [0.15, 0.2) is 17.0 Å². The van der Waals surface area contributed by atoms with Gasteiger partial charge in [0.05, 0.1) is 5.60 Å². The average Bonchev–Trinajstić information content (AvgIpc) is 2.19. The van der Waals surface area contributed by atoms with Crippen LogP contribution in [0.5, 0.6) is 0 Å². The summed E-state index contributed by atoms with van der Waals surface area (Å²) in [6, 6.07) is 2.40. The van der Waals surface area contributed by atoms with Crippen molar-refractivity contribution in [1.82, 2.24) is 4.72 Å². The molecule has 7 heteroatoms. The van der Waals surface area contributed by atoms with E-state index >= 15 is 0 Å². The first-order valence-corrected chi connectivity index (χ1v) is 6.79. The third-order valence-electron chi connectivity index (χ3n) is 2.23. The highest BCUT2D eigenvalue weighted by molar-refractivity contribution is 7.89. The van der Waals surface area contributed by atoms with Gasteiger partial charge in [0.1, 0.15) is 10.7 Å². The van der Waals surface area contributed by atoms with Crippen LogP contribution in [0, 0.1) is 12.7 Å². The van der Waals surface area contributed by atoms with E-state index in [4.69, 9.17) is 5.73 Å². The second-order valence-electron chi connectivity index (χ2n) is 4.79. The Labute approximate surface area is 106 Å². The van der Waals surface area contributed by atoms with E-state index in [0.29, 0.717) is 0 Å². The maximum atomic E-state index is 13.8. The van der Waals surface area contributed by atoms with Crippen molar-refractivity contribution in [2.75, 3.05) is 12.3 Å². The first kappa shape index (κ1) is 14.9. The Balaban J connectivity index is 3.13. The van der Waals surface area contributed by atoms with Gasteiger partial charge in [0.25, 0.3) is 0 Å². The third kappa shape index (κ3) is 3.66. The number of nitrogens with one attached hydrogen (secondary N) is 1.